The molecule has 1 heterocycles. The zero-order valence-corrected chi connectivity index (χ0v) is 8.27. The topological polar surface area (TPSA) is 41.8 Å². The Kier molecular flexibility index (Phi) is 2.96. The molecule has 1 atom stereocenters. The molecule has 1 aromatic heterocycles. The van der Waals surface area contributed by atoms with E-state index in [1.165, 1.54) is 10.9 Å². The molecule has 0 spiro atoms. The van der Waals surface area contributed by atoms with E-state index in [2.05, 4.69) is 29.2 Å². The molecule has 0 bridgehead atoms. The van der Waals surface area contributed by atoms with E-state index >= 15 is 0 Å². The first-order valence-electron chi connectivity index (χ1n) is 4.10. The van der Waals surface area contributed by atoms with Gasteiger partial charge in [-0.1, -0.05) is 12.1 Å². The smallest absolute Gasteiger partial charge is 0.0457 e. The molecule has 3 heteroatoms. The maximum atomic E-state index is 5.76. The molecule has 0 amide bonds. The minimum Gasteiger partial charge on any atom is -0.361 e. The van der Waals surface area contributed by atoms with Crippen LogP contribution in [-0.4, -0.2) is 4.98 Å². The lowest BCUT2D eigenvalue weighted by Gasteiger charge is -2.04. The molecule has 2 nitrogen and oxygen atoms in total. The number of H-pyrrole nitrogens is 1. The number of hydrogen-bond donors (Lipinski definition) is 2. The Morgan fingerprint density at radius 1 is 1.31 bits per heavy atom. The van der Waals surface area contributed by atoms with Gasteiger partial charge in [0.1, 0.15) is 0 Å². The van der Waals surface area contributed by atoms with Gasteiger partial charge in [0.15, 0.2) is 0 Å². The number of fused-ring (bicyclic) bond motifs is 1. The average Bonchev–Trinajstić information content (AvgIpc) is 2.49. The van der Waals surface area contributed by atoms with Gasteiger partial charge in [-0.2, -0.15) is 0 Å². The lowest BCUT2D eigenvalue weighted by Crippen LogP contribution is -2.04. The Hall–Kier alpha value is -0.990. The van der Waals surface area contributed by atoms with Crippen molar-refractivity contribution in [1.82, 2.24) is 4.98 Å². The quantitative estimate of drug-likeness (QED) is 0.724. The summed E-state index contributed by atoms with van der Waals surface area (Å²) < 4.78 is 0. The van der Waals surface area contributed by atoms with E-state index in [0.717, 1.165) is 5.52 Å². The number of hydrogen-bond acceptors (Lipinski definition) is 1. The van der Waals surface area contributed by atoms with Crippen molar-refractivity contribution in [3.05, 3.63) is 36.0 Å². The maximum Gasteiger partial charge on any atom is 0.0457 e. The number of nitrogens with one attached hydrogen (secondary N) is 1. The SMILES string of the molecule is CC(N)c1ccc2cc[nH]c2c1.Cl. The highest BCUT2D eigenvalue weighted by Crippen LogP contribution is 2.17. The van der Waals surface area contributed by atoms with Crippen molar-refractivity contribution in [1.29, 1.82) is 0 Å². The summed E-state index contributed by atoms with van der Waals surface area (Å²) in [7, 11) is 0. The second-order valence-corrected chi connectivity index (χ2v) is 3.11. The van der Waals surface area contributed by atoms with Crippen molar-refractivity contribution >= 4 is 23.3 Å². The molecule has 70 valence electrons. The zero-order chi connectivity index (χ0) is 8.55. The highest BCUT2D eigenvalue weighted by Gasteiger charge is 2.00. The van der Waals surface area contributed by atoms with Gasteiger partial charge in [-0.15, -0.1) is 12.4 Å². The molecule has 0 aliphatic heterocycles. The number of aromatic nitrogens is 1. The largest absolute Gasteiger partial charge is 0.361 e. The molecule has 2 aromatic rings. The number of nitrogens with two attached hydrogens (primary N) is 1. The fourth-order valence-electron chi connectivity index (χ4n) is 1.35. The van der Waals surface area contributed by atoms with Crippen LogP contribution in [0.1, 0.15) is 18.5 Å². The van der Waals surface area contributed by atoms with Crippen molar-refractivity contribution in [2.45, 2.75) is 13.0 Å². The predicted octanol–water partition coefficient (Wildman–Crippen LogP) is 2.61. The van der Waals surface area contributed by atoms with Crippen LogP contribution in [0.2, 0.25) is 0 Å². The molecule has 13 heavy (non-hydrogen) atoms. The standard InChI is InChI=1S/C10H12N2.ClH/c1-7(11)9-3-2-8-4-5-12-10(8)6-9;/h2-7,12H,11H2,1H3;1H. The van der Waals surface area contributed by atoms with Crippen LogP contribution in [0.3, 0.4) is 0 Å². The van der Waals surface area contributed by atoms with Crippen LogP contribution in [-0.2, 0) is 0 Å². The second-order valence-electron chi connectivity index (χ2n) is 3.11. The minimum atomic E-state index is 0. The summed E-state index contributed by atoms with van der Waals surface area (Å²) in [5.74, 6) is 0. The summed E-state index contributed by atoms with van der Waals surface area (Å²) in [5, 5.41) is 1.24. The van der Waals surface area contributed by atoms with Gasteiger partial charge in [-0.25, -0.2) is 0 Å². The summed E-state index contributed by atoms with van der Waals surface area (Å²) >= 11 is 0. The van der Waals surface area contributed by atoms with Crippen molar-refractivity contribution in [3.63, 3.8) is 0 Å². The van der Waals surface area contributed by atoms with Gasteiger partial charge >= 0.3 is 0 Å². The first-order chi connectivity index (χ1) is 5.77. The predicted molar refractivity (Wildman–Crippen MR) is 58.1 cm³/mol. The van der Waals surface area contributed by atoms with Crippen LogP contribution in [0.25, 0.3) is 10.9 Å². The molecule has 3 N–H and O–H groups in total. The lowest BCUT2D eigenvalue weighted by atomic mass is 10.1. The van der Waals surface area contributed by atoms with Crippen molar-refractivity contribution < 1.29 is 0 Å². The van der Waals surface area contributed by atoms with E-state index in [1.54, 1.807) is 0 Å². The van der Waals surface area contributed by atoms with E-state index in [1.807, 2.05) is 13.1 Å². The molecule has 0 saturated carbocycles. The first-order valence-corrected chi connectivity index (χ1v) is 4.10. The Labute approximate surface area is 83.5 Å². The molecule has 0 fully saturated rings. The van der Waals surface area contributed by atoms with Crippen LogP contribution in [0.4, 0.5) is 0 Å². The lowest BCUT2D eigenvalue weighted by molar-refractivity contribution is 0.820. The maximum absolute atomic E-state index is 5.76. The second kappa shape index (κ2) is 3.81. The van der Waals surface area contributed by atoms with Crippen LogP contribution in [0.15, 0.2) is 30.5 Å². The van der Waals surface area contributed by atoms with Crippen LogP contribution in [0.5, 0.6) is 0 Å². The van der Waals surface area contributed by atoms with E-state index in [0.29, 0.717) is 0 Å². The summed E-state index contributed by atoms with van der Waals surface area (Å²) in [6, 6.07) is 8.42. The minimum absolute atomic E-state index is 0. The average molecular weight is 197 g/mol. The molecule has 0 radical (unpaired) electrons. The Bertz CT molecular complexity index is 392. The van der Waals surface area contributed by atoms with Gasteiger partial charge in [0, 0.05) is 17.8 Å². The van der Waals surface area contributed by atoms with Gasteiger partial charge in [0.25, 0.3) is 0 Å². The fourth-order valence-corrected chi connectivity index (χ4v) is 1.35. The van der Waals surface area contributed by atoms with E-state index in [4.69, 9.17) is 5.73 Å². The van der Waals surface area contributed by atoms with Crippen molar-refractivity contribution in [3.8, 4) is 0 Å². The van der Waals surface area contributed by atoms with Gasteiger partial charge in [0.2, 0.25) is 0 Å². The number of rotatable bonds is 1. The Balaban J connectivity index is 0.000000845. The summed E-state index contributed by atoms with van der Waals surface area (Å²) in [6.07, 6.45) is 1.94. The van der Waals surface area contributed by atoms with Crippen LogP contribution < -0.4 is 5.73 Å². The van der Waals surface area contributed by atoms with Crippen molar-refractivity contribution in [2.24, 2.45) is 5.73 Å². The monoisotopic (exact) mass is 196 g/mol. The number of benzene rings is 1. The molecular formula is C10H13ClN2. The van der Waals surface area contributed by atoms with Gasteiger partial charge in [0.05, 0.1) is 0 Å². The third kappa shape index (κ3) is 1.85. The molecule has 0 saturated heterocycles. The normalized spacial score (nSPS) is 12.5. The first kappa shape index (κ1) is 10.1. The number of halogens is 1. The van der Waals surface area contributed by atoms with Gasteiger partial charge < -0.3 is 10.7 Å². The van der Waals surface area contributed by atoms with E-state index in [-0.39, 0.29) is 18.4 Å². The van der Waals surface area contributed by atoms with Gasteiger partial charge in [-0.3, -0.25) is 0 Å². The Morgan fingerprint density at radius 3 is 2.77 bits per heavy atom. The third-order valence-electron chi connectivity index (χ3n) is 2.10. The molecule has 2 rings (SSSR count). The highest BCUT2D eigenvalue weighted by molar-refractivity contribution is 5.85. The number of aromatic amines is 1. The molecule has 1 aromatic carbocycles. The third-order valence-corrected chi connectivity index (χ3v) is 2.10. The highest BCUT2D eigenvalue weighted by atomic mass is 35.5. The van der Waals surface area contributed by atoms with E-state index < -0.39 is 0 Å². The molecular weight excluding hydrogens is 184 g/mol. The Morgan fingerprint density at radius 2 is 2.08 bits per heavy atom. The van der Waals surface area contributed by atoms with Gasteiger partial charge in [-0.05, 0) is 30.0 Å². The summed E-state index contributed by atoms with van der Waals surface area (Å²) in [4.78, 5) is 3.16. The molecule has 0 aliphatic rings. The summed E-state index contributed by atoms with van der Waals surface area (Å²) in [5.41, 5.74) is 8.09. The molecule has 1 unspecified atom stereocenters. The summed E-state index contributed by atoms with van der Waals surface area (Å²) in [6.45, 7) is 1.99. The van der Waals surface area contributed by atoms with Crippen LogP contribution >= 0.6 is 12.4 Å². The zero-order valence-electron chi connectivity index (χ0n) is 7.45. The van der Waals surface area contributed by atoms with E-state index in [9.17, 15) is 0 Å². The molecule has 0 aliphatic carbocycles. The fraction of sp³-hybridized carbons (Fsp3) is 0.200. The van der Waals surface area contributed by atoms with Crippen molar-refractivity contribution in [2.75, 3.05) is 0 Å². The van der Waals surface area contributed by atoms with Crippen LogP contribution in [0, 0.1) is 0 Å².